The first kappa shape index (κ1) is 21.4. The van der Waals surface area contributed by atoms with E-state index >= 15 is 0 Å². The molecule has 8 heteroatoms. The van der Waals surface area contributed by atoms with Gasteiger partial charge in [-0.3, -0.25) is 9.78 Å². The summed E-state index contributed by atoms with van der Waals surface area (Å²) < 4.78 is 41.0. The smallest absolute Gasteiger partial charge is 0.384 e. The first-order valence-electron chi connectivity index (χ1n) is 10.0. The summed E-state index contributed by atoms with van der Waals surface area (Å²) in [6.45, 7) is 2.22. The molecule has 0 spiro atoms. The summed E-state index contributed by atoms with van der Waals surface area (Å²) in [5, 5.41) is 8.49. The van der Waals surface area contributed by atoms with E-state index in [4.69, 9.17) is 0 Å². The van der Waals surface area contributed by atoms with Crippen LogP contribution in [0.3, 0.4) is 0 Å². The van der Waals surface area contributed by atoms with E-state index in [0.29, 0.717) is 24.2 Å². The lowest BCUT2D eigenvalue weighted by Crippen LogP contribution is -2.13. The molecule has 0 atom stereocenters. The van der Waals surface area contributed by atoms with Gasteiger partial charge < -0.3 is 16.0 Å². The number of pyridine rings is 1. The summed E-state index contributed by atoms with van der Waals surface area (Å²) in [7, 11) is 0. The van der Waals surface area contributed by atoms with Crippen LogP contribution >= 0.6 is 0 Å². The zero-order chi connectivity index (χ0) is 22.7. The van der Waals surface area contributed by atoms with Gasteiger partial charge in [-0.2, -0.15) is 13.2 Å². The minimum Gasteiger partial charge on any atom is -0.384 e. The number of fused-ring (bicyclic) bond motifs is 1. The van der Waals surface area contributed by atoms with Gasteiger partial charge in [0.1, 0.15) is 0 Å². The number of amides is 1. The third kappa shape index (κ3) is 4.59. The maximum absolute atomic E-state index is 13.7. The molecule has 1 aliphatic heterocycles. The molecule has 0 aliphatic carbocycles. The monoisotopic (exact) mass is 438 g/mol. The fourth-order valence-electron chi connectivity index (χ4n) is 3.64. The average molecular weight is 438 g/mol. The van der Waals surface area contributed by atoms with Crippen molar-refractivity contribution in [2.75, 3.05) is 22.5 Å². The molecule has 2 heterocycles. The number of rotatable bonds is 6. The molecule has 0 saturated heterocycles. The van der Waals surface area contributed by atoms with Crippen molar-refractivity contribution in [2.45, 2.75) is 19.5 Å². The number of hydrogen-bond donors (Lipinski definition) is 3. The highest BCUT2D eigenvalue weighted by Crippen LogP contribution is 2.37. The quantitative estimate of drug-likeness (QED) is 0.447. The Kier molecular flexibility index (Phi) is 5.85. The SMILES string of the molecule is Cc1cccc2c1/C(=C\Nc1ccc(NCCc3ccncc3)c(C(F)(F)F)c1)C(=O)N2. The van der Waals surface area contributed by atoms with E-state index in [2.05, 4.69) is 20.9 Å². The largest absolute Gasteiger partial charge is 0.418 e. The van der Waals surface area contributed by atoms with Gasteiger partial charge in [0, 0.05) is 47.8 Å². The van der Waals surface area contributed by atoms with Gasteiger partial charge in [0.15, 0.2) is 0 Å². The van der Waals surface area contributed by atoms with Gasteiger partial charge in [0.25, 0.3) is 5.91 Å². The predicted octanol–water partition coefficient (Wildman–Crippen LogP) is 5.47. The van der Waals surface area contributed by atoms with Crippen LogP contribution in [0.5, 0.6) is 0 Å². The number of alkyl halides is 3. The van der Waals surface area contributed by atoms with E-state index in [1.807, 2.05) is 31.2 Å². The third-order valence-corrected chi connectivity index (χ3v) is 5.22. The molecule has 4 rings (SSSR count). The van der Waals surface area contributed by atoms with Crippen molar-refractivity contribution in [3.8, 4) is 0 Å². The van der Waals surface area contributed by atoms with Gasteiger partial charge in [-0.15, -0.1) is 0 Å². The zero-order valence-corrected chi connectivity index (χ0v) is 17.3. The standard InChI is InChI=1S/C24H21F3N4O/c1-15-3-2-4-21-22(15)18(23(32)31-21)14-30-17-5-6-20(19(13-17)24(25,26)27)29-12-9-16-7-10-28-11-8-16/h2-8,10-11,13-14,29-30H,9,12H2,1H3,(H,31,32)/b18-14+. The number of halogens is 3. The molecule has 0 radical (unpaired) electrons. The minimum atomic E-state index is -4.53. The van der Waals surface area contributed by atoms with Crippen molar-refractivity contribution in [2.24, 2.45) is 0 Å². The molecule has 1 aromatic heterocycles. The number of carbonyl (C=O) groups is 1. The molecule has 0 saturated carbocycles. The predicted molar refractivity (Wildman–Crippen MR) is 119 cm³/mol. The fraction of sp³-hybridized carbons (Fsp3) is 0.167. The van der Waals surface area contributed by atoms with Crippen LogP contribution < -0.4 is 16.0 Å². The molecule has 5 nitrogen and oxygen atoms in total. The Morgan fingerprint density at radius 3 is 2.62 bits per heavy atom. The molecule has 3 N–H and O–H groups in total. The Bertz CT molecular complexity index is 1170. The van der Waals surface area contributed by atoms with Crippen molar-refractivity contribution in [3.05, 3.63) is 89.4 Å². The first-order valence-corrected chi connectivity index (χ1v) is 10.0. The molecule has 3 aromatic rings. The summed E-state index contributed by atoms with van der Waals surface area (Å²) >= 11 is 0. The van der Waals surface area contributed by atoms with Gasteiger partial charge in [-0.25, -0.2) is 0 Å². The Hall–Kier alpha value is -3.81. The maximum Gasteiger partial charge on any atom is 0.418 e. The molecule has 164 valence electrons. The van der Waals surface area contributed by atoms with Crippen LogP contribution in [0.2, 0.25) is 0 Å². The molecule has 2 aromatic carbocycles. The van der Waals surface area contributed by atoms with Crippen LogP contribution in [0.25, 0.3) is 5.57 Å². The van der Waals surface area contributed by atoms with Gasteiger partial charge >= 0.3 is 6.18 Å². The van der Waals surface area contributed by atoms with Crippen LogP contribution in [-0.4, -0.2) is 17.4 Å². The lowest BCUT2D eigenvalue weighted by molar-refractivity contribution is -0.136. The van der Waals surface area contributed by atoms with Gasteiger partial charge in [-0.05, 0) is 60.9 Å². The van der Waals surface area contributed by atoms with Crippen LogP contribution in [0.1, 0.15) is 22.3 Å². The summed E-state index contributed by atoms with van der Waals surface area (Å²) in [4.78, 5) is 16.2. The average Bonchev–Trinajstić information content (AvgIpc) is 3.09. The fourth-order valence-corrected chi connectivity index (χ4v) is 3.64. The van der Waals surface area contributed by atoms with E-state index in [-0.39, 0.29) is 17.3 Å². The van der Waals surface area contributed by atoms with Crippen molar-refractivity contribution in [1.82, 2.24) is 4.98 Å². The highest BCUT2D eigenvalue weighted by molar-refractivity contribution is 6.32. The van der Waals surface area contributed by atoms with Crippen LogP contribution in [0.4, 0.5) is 30.2 Å². The lowest BCUT2D eigenvalue weighted by Gasteiger charge is -2.16. The highest BCUT2D eigenvalue weighted by atomic mass is 19.4. The molecule has 32 heavy (non-hydrogen) atoms. The van der Waals surface area contributed by atoms with Gasteiger partial charge in [0.05, 0.1) is 11.1 Å². The van der Waals surface area contributed by atoms with Crippen molar-refractivity contribution in [1.29, 1.82) is 0 Å². The van der Waals surface area contributed by atoms with E-state index in [0.717, 1.165) is 22.8 Å². The molecule has 0 fully saturated rings. The van der Waals surface area contributed by atoms with Crippen molar-refractivity contribution >= 4 is 28.5 Å². The summed E-state index contributed by atoms with van der Waals surface area (Å²) in [5.74, 6) is -0.299. The molecule has 1 amide bonds. The van der Waals surface area contributed by atoms with Gasteiger partial charge in [-0.1, -0.05) is 12.1 Å². The number of carbonyl (C=O) groups excluding carboxylic acids is 1. The number of benzene rings is 2. The second kappa shape index (κ2) is 8.74. The topological polar surface area (TPSA) is 66.0 Å². The molecular weight excluding hydrogens is 417 g/mol. The number of hydrogen-bond acceptors (Lipinski definition) is 4. The number of nitrogens with zero attached hydrogens (tertiary/aromatic N) is 1. The Balaban J connectivity index is 1.53. The zero-order valence-electron chi connectivity index (χ0n) is 17.3. The number of aryl methyl sites for hydroxylation is 1. The number of anilines is 3. The number of aromatic nitrogens is 1. The Morgan fingerprint density at radius 1 is 1.09 bits per heavy atom. The Labute approximate surface area is 183 Å². The molecule has 1 aliphatic rings. The second-order valence-electron chi connectivity index (χ2n) is 7.44. The highest BCUT2D eigenvalue weighted by Gasteiger charge is 2.34. The normalized spacial score (nSPS) is 14.2. The van der Waals surface area contributed by atoms with Crippen LogP contribution in [0, 0.1) is 6.92 Å². The number of nitrogens with one attached hydrogen (secondary N) is 3. The summed E-state index contributed by atoms with van der Waals surface area (Å²) in [5.41, 5.74) is 3.16. The Morgan fingerprint density at radius 2 is 1.88 bits per heavy atom. The third-order valence-electron chi connectivity index (χ3n) is 5.22. The first-order chi connectivity index (χ1) is 15.3. The lowest BCUT2D eigenvalue weighted by atomic mass is 10.0. The van der Waals surface area contributed by atoms with E-state index < -0.39 is 11.7 Å². The van der Waals surface area contributed by atoms with E-state index in [1.54, 1.807) is 24.5 Å². The second-order valence-corrected chi connectivity index (χ2v) is 7.44. The van der Waals surface area contributed by atoms with Crippen LogP contribution in [0.15, 0.2) is 67.1 Å². The summed E-state index contributed by atoms with van der Waals surface area (Å²) in [6, 6.07) is 13.1. The van der Waals surface area contributed by atoms with E-state index in [9.17, 15) is 18.0 Å². The minimum absolute atomic E-state index is 0.00422. The molecule has 0 bridgehead atoms. The maximum atomic E-state index is 13.7. The molecule has 0 unspecified atom stereocenters. The summed E-state index contributed by atoms with van der Waals surface area (Å²) in [6.07, 6.45) is 0.781. The van der Waals surface area contributed by atoms with Gasteiger partial charge in [0.2, 0.25) is 0 Å². The van der Waals surface area contributed by atoms with Crippen LogP contribution in [-0.2, 0) is 17.4 Å². The van der Waals surface area contributed by atoms with Crippen molar-refractivity contribution < 1.29 is 18.0 Å². The molecular formula is C24H21F3N4O. The van der Waals surface area contributed by atoms with Crippen molar-refractivity contribution in [3.63, 3.8) is 0 Å². The van der Waals surface area contributed by atoms with E-state index in [1.165, 1.54) is 12.3 Å².